The van der Waals surface area contributed by atoms with Crippen molar-refractivity contribution >= 4 is 5.97 Å². The molecule has 17 heavy (non-hydrogen) atoms. The third-order valence-corrected chi connectivity index (χ3v) is 2.36. The molecule has 0 fully saturated rings. The Morgan fingerprint density at radius 2 is 1.94 bits per heavy atom. The van der Waals surface area contributed by atoms with Gasteiger partial charge in [0.2, 0.25) is 0 Å². The number of hydrogen-bond donors (Lipinski definition) is 0. The predicted octanol–water partition coefficient (Wildman–Crippen LogP) is 3.12. The monoisotopic (exact) mass is 250 g/mol. The van der Waals surface area contributed by atoms with Gasteiger partial charge in [-0.3, -0.25) is 4.79 Å². The topological polar surface area (TPSA) is 26.3 Å². The van der Waals surface area contributed by atoms with Crippen LogP contribution in [-0.4, -0.2) is 13.1 Å². The Kier molecular flexibility index (Phi) is 3.75. The third-order valence-electron chi connectivity index (χ3n) is 2.36. The maximum Gasteiger partial charge on any atom is 0.419 e. The zero-order valence-electron chi connectivity index (χ0n) is 9.14. The quantitative estimate of drug-likeness (QED) is 0.595. The number of halogens is 4. The smallest absolute Gasteiger partial charge is 0.419 e. The summed E-state index contributed by atoms with van der Waals surface area (Å²) in [6, 6.07) is 2.82. The minimum Gasteiger partial charge on any atom is -0.469 e. The first-order valence-corrected chi connectivity index (χ1v) is 4.72. The van der Waals surface area contributed by atoms with Gasteiger partial charge >= 0.3 is 12.1 Å². The summed E-state index contributed by atoms with van der Waals surface area (Å²) in [6.45, 7) is 1.28. The van der Waals surface area contributed by atoms with Gasteiger partial charge in [0.25, 0.3) is 0 Å². The van der Waals surface area contributed by atoms with Crippen LogP contribution in [0.15, 0.2) is 18.2 Å². The van der Waals surface area contributed by atoms with Gasteiger partial charge in [0.15, 0.2) is 0 Å². The van der Waals surface area contributed by atoms with E-state index in [9.17, 15) is 22.4 Å². The normalized spacial score (nSPS) is 13.3. The number of carbonyl (C=O) groups is 1. The van der Waals surface area contributed by atoms with E-state index in [1.807, 2.05) is 0 Å². The highest BCUT2D eigenvalue weighted by Gasteiger charge is 2.36. The van der Waals surface area contributed by atoms with Gasteiger partial charge < -0.3 is 4.74 Å². The van der Waals surface area contributed by atoms with Crippen LogP contribution in [0.25, 0.3) is 0 Å². The van der Waals surface area contributed by atoms with Gasteiger partial charge in [0.1, 0.15) is 5.82 Å². The average Bonchev–Trinajstić information content (AvgIpc) is 2.25. The Balaban J connectivity index is 3.24. The van der Waals surface area contributed by atoms with Gasteiger partial charge in [-0.05, 0) is 13.0 Å². The predicted molar refractivity (Wildman–Crippen MR) is 51.8 cm³/mol. The van der Waals surface area contributed by atoms with Crippen LogP contribution in [0.2, 0.25) is 0 Å². The number of alkyl halides is 3. The molecule has 0 bridgehead atoms. The lowest BCUT2D eigenvalue weighted by molar-refractivity contribution is -0.143. The van der Waals surface area contributed by atoms with E-state index in [4.69, 9.17) is 0 Å². The molecule has 0 aliphatic carbocycles. The molecule has 94 valence electrons. The summed E-state index contributed by atoms with van der Waals surface area (Å²) in [5, 5.41) is 0. The molecular weight excluding hydrogens is 240 g/mol. The third kappa shape index (κ3) is 2.75. The van der Waals surface area contributed by atoms with E-state index >= 15 is 0 Å². The Hall–Kier alpha value is -1.59. The van der Waals surface area contributed by atoms with Crippen LogP contribution in [0.5, 0.6) is 0 Å². The first-order valence-electron chi connectivity index (χ1n) is 4.72. The molecule has 0 spiro atoms. The first-order chi connectivity index (χ1) is 7.79. The molecule has 0 heterocycles. The number of hydrogen-bond acceptors (Lipinski definition) is 2. The largest absolute Gasteiger partial charge is 0.469 e. The van der Waals surface area contributed by atoms with E-state index in [2.05, 4.69) is 4.74 Å². The van der Waals surface area contributed by atoms with Gasteiger partial charge in [-0.15, -0.1) is 0 Å². The number of esters is 1. The lowest BCUT2D eigenvalue weighted by Gasteiger charge is -2.14. The van der Waals surface area contributed by atoms with Crippen molar-refractivity contribution in [1.82, 2.24) is 0 Å². The lowest BCUT2D eigenvalue weighted by atomic mass is 9.98. The van der Waals surface area contributed by atoms with Crippen LogP contribution in [0.1, 0.15) is 24.0 Å². The highest BCUT2D eigenvalue weighted by Crippen LogP contribution is 2.34. The second kappa shape index (κ2) is 4.73. The average molecular weight is 250 g/mol. The fourth-order valence-corrected chi connectivity index (χ4v) is 1.41. The molecular formula is C11H10F4O2. The molecule has 0 amide bonds. The zero-order valence-corrected chi connectivity index (χ0v) is 9.14. The lowest BCUT2D eigenvalue weighted by Crippen LogP contribution is -2.16. The van der Waals surface area contributed by atoms with Gasteiger partial charge in [-0.2, -0.15) is 13.2 Å². The van der Waals surface area contributed by atoms with Crippen LogP contribution in [0.4, 0.5) is 17.6 Å². The van der Waals surface area contributed by atoms with Crippen molar-refractivity contribution in [2.45, 2.75) is 19.0 Å². The van der Waals surface area contributed by atoms with Crippen molar-refractivity contribution in [1.29, 1.82) is 0 Å². The summed E-state index contributed by atoms with van der Waals surface area (Å²) in [6.07, 6.45) is -4.78. The van der Waals surface area contributed by atoms with E-state index in [0.29, 0.717) is 6.07 Å². The van der Waals surface area contributed by atoms with E-state index in [-0.39, 0.29) is 5.56 Å². The van der Waals surface area contributed by atoms with Gasteiger partial charge in [0, 0.05) is 5.56 Å². The number of methoxy groups -OCH3 is 1. The molecule has 1 aromatic rings. The SMILES string of the molecule is COC(=O)C(C)c1cccc(C(F)(F)F)c1F. The minimum absolute atomic E-state index is 0.327. The molecule has 1 unspecified atom stereocenters. The number of ether oxygens (including phenoxy) is 1. The summed E-state index contributed by atoms with van der Waals surface area (Å²) >= 11 is 0. The van der Waals surface area contributed by atoms with E-state index in [1.165, 1.54) is 6.92 Å². The Morgan fingerprint density at radius 1 is 1.35 bits per heavy atom. The van der Waals surface area contributed by atoms with Gasteiger partial charge in [-0.25, -0.2) is 4.39 Å². The van der Waals surface area contributed by atoms with Crippen molar-refractivity contribution in [3.63, 3.8) is 0 Å². The Labute approximate surface area is 95.2 Å². The molecule has 1 atom stereocenters. The maximum atomic E-state index is 13.6. The summed E-state index contributed by atoms with van der Waals surface area (Å²) in [5.41, 5.74) is -1.71. The van der Waals surface area contributed by atoms with E-state index in [1.54, 1.807) is 0 Å². The van der Waals surface area contributed by atoms with Crippen molar-refractivity contribution in [2.75, 3.05) is 7.11 Å². The van der Waals surface area contributed by atoms with Crippen LogP contribution in [0, 0.1) is 5.82 Å². The highest BCUT2D eigenvalue weighted by atomic mass is 19.4. The second-order valence-corrected chi connectivity index (χ2v) is 3.45. The fraction of sp³-hybridized carbons (Fsp3) is 0.364. The molecule has 0 aliphatic rings. The highest BCUT2D eigenvalue weighted by molar-refractivity contribution is 5.77. The molecule has 0 radical (unpaired) electrons. The number of benzene rings is 1. The van der Waals surface area contributed by atoms with E-state index in [0.717, 1.165) is 19.2 Å². The van der Waals surface area contributed by atoms with Crippen LogP contribution >= 0.6 is 0 Å². The first kappa shape index (κ1) is 13.5. The molecule has 1 rings (SSSR count). The molecule has 0 saturated carbocycles. The van der Waals surface area contributed by atoms with Crippen LogP contribution in [0.3, 0.4) is 0 Å². The molecule has 2 nitrogen and oxygen atoms in total. The Morgan fingerprint density at radius 3 is 2.41 bits per heavy atom. The second-order valence-electron chi connectivity index (χ2n) is 3.45. The molecule has 0 aromatic heterocycles. The molecule has 0 saturated heterocycles. The van der Waals surface area contributed by atoms with Crippen LogP contribution < -0.4 is 0 Å². The summed E-state index contributed by atoms with van der Waals surface area (Å²) in [4.78, 5) is 11.2. The van der Waals surface area contributed by atoms with Gasteiger partial charge in [0.05, 0.1) is 18.6 Å². The van der Waals surface area contributed by atoms with Crippen molar-refractivity contribution in [2.24, 2.45) is 0 Å². The molecule has 1 aromatic carbocycles. The molecule has 0 N–H and O–H groups in total. The van der Waals surface area contributed by atoms with Crippen molar-refractivity contribution in [3.8, 4) is 0 Å². The molecule has 6 heteroatoms. The summed E-state index contributed by atoms with van der Waals surface area (Å²) in [5.74, 6) is -3.30. The standard InChI is InChI=1S/C11H10F4O2/c1-6(10(16)17-2)7-4-3-5-8(9(7)12)11(13,14)15/h3-6H,1-2H3. The number of rotatable bonds is 2. The van der Waals surface area contributed by atoms with Gasteiger partial charge in [-0.1, -0.05) is 12.1 Å². The van der Waals surface area contributed by atoms with Crippen molar-refractivity contribution < 1.29 is 27.1 Å². The minimum atomic E-state index is -4.78. The maximum absolute atomic E-state index is 13.6. The molecule has 0 aliphatic heterocycles. The number of carbonyl (C=O) groups excluding carboxylic acids is 1. The Bertz CT molecular complexity index is 426. The van der Waals surface area contributed by atoms with Crippen LogP contribution in [-0.2, 0) is 15.7 Å². The summed E-state index contributed by atoms with van der Waals surface area (Å²) in [7, 11) is 1.09. The fourth-order valence-electron chi connectivity index (χ4n) is 1.41. The van der Waals surface area contributed by atoms with E-state index < -0.39 is 29.4 Å². The van der Waals surface area contributed by atoms with Crippen molar-refractivity contribution in [3.05, 3.63) is 35.1 Å². The zero-order chi connectivity index (χ0) is 13.2. The summed E-state index contributed by atoms with van der Waals surface area (Å²) < 4.78 is 55.2.